The van der Waals surface area contributed by atoms with Crippen LogP contribution in [0, 0.1) is 0 Å². The van der Waals surface area contributed by atoms with Crippen LogP contribution in [0.15, 0.2) is 36.4 Å². The minimum atomic E-state index is -0.485. The molecule has 8 heteroatoms. The fraction of sp³-hybridized carbons (Fsp3) is 0.364. The van der Waals surface area contributed by atoms with E-state index in [4.69, 9.17) is 18.9 Å². The number of ether oxygens (including phenoxy) is 4. The smallest absolute Gasteiger partial charge is 0.269 e. The van der Waals surface area contributed by atoms with Gasteiger partial charge < -0.3 is 18.9 Å². The highest BCUT2D eigenvalue weighted by Gasteiger charge is 2.15. The maximum Gasteiger partial charge on any atom is 0.269 e. The summed E-state index contributed by atoms with van der Waals surface area (Å²) in [4.78, 5) is 24.9. The van der Waals surface area contributed by atoms with Crippen molar-refractivity contribution in [3.05, 3.63) is 53.1 Å². The van der Waals surface area contributed by atoms with Gasteiger partial charge in [-0.1, -0.05) is 0 Å². The number of amides is 2. The second-order valence-corrected chi connectivity index (χ2v) is 6.60. The van der Waals surface area contributed by atoms with Gasteiger partial charge in [0.15, 0.2) is 11.5 Å². The Morgan fingerprint density at radius 3 is 1.97 bits per heavy atom. The molecule has 0 radical (unpaired) electrons. The lowest BCUT2D eigenvalue weighted by atomic mass is 10.1. The first-order valence-electron chi connectivity index (χ1n) is 9.59. The average molecular weight is 416 g/mol. The average Bonchev–Trinajstić information content (AvgIpc) is 2.75. The van der Waals surface area contributed by atoms with E-state index in [0.29, 0.717) is 41.6 Å². The van der Waals surface area contributed by atoms with Crippen molar-refractivity contribution in [3.63, 3.8) is 0 Å². The predicted molar refractivity (Wildman–Crippen MR) is 112 cm³/mol. The van der Waals surface area contributed by atoms with Crippen LogP contribution in [0.3, 0.4) is 0 Å². The summed E-state index contributed by atoms with van der Waals surface area (Å²) < 4.78 is 21.6. The molecule has 0 spiro atoms. The van der Waals surface area contributed by atoms with Crippen LogP contribution in [0.4, 0.5) is 0 Å². The maximum atomic E-state index is 12.5. The normalized spacial score (nSPS) is 10.5. The van der Waals surface area contributed by atoms with Gasteiger partial charge in [-0.2, -0.15) is 0 Å². The van der Waals surface area contributed by atoms with Crippen molar-refractivity contribution in [3.8, 4) is 17.2 Å². The van der Waals surface area contributed by atoms with Crippen molar-refractivity contribution in [2.75, 3.05) is 20.8 Å². The molecule has 0 saturated heterocycles. The lowest BCUT2D eigenvalue weighted by molar-refractivity contribution is 0.0846. The van der Waals surface area contributed by atoms with Crippen LogP contribution in [0.5, 0.6) is 17.2 Å². The topological polar surface area (TPSA) is 95.1 Å². The molecule has 0 aliphatic rings. The van der Waals surface area contributed by atoms with Crippen molar-refractivity contribution >= 4 is 11.8 Å². The van der Waals surface area contributed by atoms with Crippen LogP contribution in [-0.2, 0) is 11.3 Å². The molecule has 2 aromatic carbocycles. The van der Waals surface area contributed by atoms with Gasteiger partial charge in [0.2, 0.25) is 0 Å². The van der Waals surface area contributed by atoms with E-state index >= 15 is 0 Å². The fourth-order valence-corrected chi connectivity index (χ4v) is 2.66. The van der Waals surface area contributed by atoms with E-state index in [0.717, 1.165) is 5.56 Å². The van der Waals surface area contributed by atoms with Crippen LogP contribution in [-0.4, -0.2) is 38.7 Å². The Balaban J connectivity index is 2.06. The number of benzene rings is 2. The molecule has 0 aliphatic heterocycles. The largest absolute Gasteiger partial charge is 0.496 e. The first-order valence-corrected chi connectivity index (χ1v) is 9.59. The summed E-state index contributed by atoms with van der Waals surface area (Å²) >= 11 is 0. The number of rotatable bonds is 9. The molecule has 2 N–H and O–H groups in total. The molecule has 8 nitrogen and oxygen atoms in total. The Hall–Kier alpha value is -3.26. The Morgan fingerprint density at radius 2 is 1.43 bits per heavy atom. The summed E-state index contributed by atoms with van der Waals surface area (Å²) in [6.45, 7) is 6.54. The monoisotopic (exact) mass is 416 g/mol. The van der Waals surface area contributed by atoms with Gasteiger partial charge >= 0.3 is 0 Å². The van der Waals surface area contributed by atoms with Crippen LogP contribution in [0.1, 0.15) is 47.1 Å². The van der Waals surface area contributed by atoms with Gasteiger partial charge in [-0.15, -0.1) is 0 Å². The molecule has 0 aliphatic carbocycles. The minimum absolute atomic E-state index is 0.0324. The van der Waals surface area contributed by atoms with E-state index in [2.05, 4.69) is 10.9 Å². The van der Waals surface area contributed by atoms with Gasteiger partial charge in [0, 0.05) is 23.3 Å². The lowest BCUT2D eigenvalue weighted by Crippen LogP contribution is -2.41. The summed E-state index contributed by atoms with van der Waals surface area (Å²) in [6.07, 6.45) is -0.0324. The Bertz CT molecular complexity index is 882. The number of hydrogen-bond donors (Lipinski definition) is 2. The predicted octanol–water partition coefficient (Wildman–Crippen LogP) is 3.10. The molecule has 162 valence electrons. The van der Waals surface area contributed by atoms with Gasteiger partial charge in [-0.05, 0) is 57.2 Å². The van der Waals surface area contributed by atoms with Crippen molar-refractivity contribution in [1.82, 2.24) is 10.9 Å². The van der Waals surface area contributed by atoms with E-state index < -0.39 is 11.8 Å². The Morgan fingerprint density at radius 1 is 0.867 bits per heavy atom. The molecule has 0 unspecified atom stereocenters. The first-order chi connectivity index (χ1) is 14.4. The van der Waals surface area contributed by atoms with Crippen LogP contribution in [0.25, 0.3) is 0 Å². The van der Waals surface area contributed by atoms with Gasteiger partial charge in [-0.25, -0.2) is 0 Å². The zero-order chi connectivity index (χ0) is 22.1. The van der Waals surface area contributed by atoms with Gasteiger partial charge in [-0.3, -0.25) is 20.4 Å². The molecule has 0 heterocycles. The van der Waals surface area contributed by atoms with E-state index in [1.807, 2.05) is 20.8 Å². The zero-order valence-corrected chi connectivity index (χ0v) is 17.9. The summed E-state index contributed by atoms with van der Waals surface area (Å²) in [5.41, 5.74) is 6.23. The zero-order valence-electron chi connectivity index (χ0n) is 17.9. The number of hydrogen-bond acceptors (Lipinski definition) is 6. The number of carbonyl (C=O) groups excluding carboxylic acids is 2. The van der Waals surface area contributed by atoms with E-state index in [1.54, 1.807) is 43.5 Å². The molecule has 0 fully saturated rings. The van der Waals surface area contributed by atoms with E-state index in [1.165, 1.54) is 7.11 Å². The van der Waals surface area contributed by atoms with Crippen molar-refractivity contribution in [1.29, 1.82) is 0 Å². The highest BCUT2D eigenvalue weighted by molar-refractivity contribution is 5.99. The summed E-state index contributed by atoms with van der Waals surface area (Å²) in [5, 5.41) is 0. The van der Waals surface area contributed by atoms with E-state index in [-0.39, 0.29) is 6.10 Å². The summed E-state index contributed by atoms with van der Waals surface area (Å²) in [6, 6.07) is 9.75. The Labute approximate surface area is 176 Å². The summed E-state index contributed by atoms with van der Waals surface area (Å²) in [7, 11) is 3.05. The number of hydrazine groups is 1. The number of carbonyl (C=O) groups is 2. The molecule has 2 rings (SSSR count). The summed E-state index contributed by atoms with van der Waals surface area (Å²) in [5.74, 6) is 0.641. The SMILES string of the molecule is CCOCc1cc(C(=O)NNC(=O)c2ccc(OC(C)C)c(OC)c2)ccc1OC. The third-order valence-electron chi connectivity index (χ3n) is 4.08. The minimum Gasteiger partial charge on any atom is -0.496 e. The molecule has 0 aromatic heterocycles. The third-order valence-corrected chi connectivity index (χ3v) is 4.08. The fourth-order valence-electron chi connectivity index (χ4n) is 2.66. The highest BCUT2D eigenvalue weighted by Crippen LogP contribution is 2.29. The molecule has 0 saturated carbocycles. The first kappa shape index (κ1) is 23.0. The van der Waals surface area contributed by atoms with Crippen molar-refractivity contribution in [2.45, 2.75) is 33.5 Å². The molecule has 30 heavy (non-hydrogen) atoms. The molecule has 0 bridgehead atoms. The van der Waals surface area contributed by atoms with Gasteiger partial charge in [0.1, 0.15) is 5.75 Å². The molecule has 2 amide bonds. The van der Waals surface area contributed by atoms with Gasteiger partial charge in [0.25, 0.3) is 11.8 Å². The van der Waals surface area contributed by atoms with Crippen molar-refractivity contribution in [2.24, 2.45) is 0 Å². The maximum absolute atomic E-state index is 12.5. The van der Waals surface area contributed by atoms with Crippen LogP contribution in [0.2, 0.25) is 0 Å². The molecule has 0 atom stereocenters. The highest BCUT2D eigenvalue weighted by atomic mass is 16.5. The van der Waals surface area contributed by atoms with Crippen LogP contribution < -0.4 is 25.1 Å². The molecular weight excluding hydrogens is 388 g/mol. The Kier molecular flexibility index (Phi) is 8.49. The quantitative estimate of drug-likeness (QED) is 0.610. The van der Waals surface area contributed by atoms with E-state index in [9.17, 15) is 9.59 Å². The third kappa shape index (κ3) is 6.12. The van der Waals surface area contributed by atoms with Crippen LogP contribution >= 0.6 is 0 Å². The second-order valence-electron chi connectivity index (χ2n) is 6.60. The lowest BCUT2D eigenvalue weighted by Gasteiger charge is -2.15. The second kappa shape index (κ2) is 11.1. The number of nitrogens with one attached hydrogen (secondary N) is 2. The van der Waals surface area contributed by atoms with Gasteiger partial charge in [0.05, 0.1) is 26.9 Å². The molecular formula is C22H28N2O6. The standard InChI is InChI=1S/C22H28N2O6/c1-6-29-13-17-11-15(7-9-18(17)27-4)21(25)23-24-22(26)16-8-10-19(30-14(2)3)20(12-16)28-5/h7-12,14H,6,13H2,1-5H3,(H,23,25)(H,24,26). The van der Waals surface area contributed by atoms with Crippen molar-refractivity contribution < 1.29 is 28.5 Å². The molecule has 2 aromatic rings. The number of methoxy groups -OCH3 is 2.